The Morgan fingerprint density at radius 3 is 2.37 bits per heavy atom. The second-order valence-electron chi connectivity index (χ2n) is 6.57. The Hall–Kier alpha value is -1.64. The Morgan fingerprint density at radius 1 is 1.11 bits per heavy atom. The van der Waals surface area contributed by atoms with Gasteiger partial charge in [-0.2, -0.15) is 4.31 Å². The zero-order chi connectivity index (χ0) is 19.9. The van der Waals surface area contributed by atoms with Crippen LogP contribution in [0.1, 0.15) is 44.0 Å². The van der Waals surface area contributed by atoms with E-state index in [9.17, 15) is 13.2 Å². The van der Waals surface area contributed by atoms with Crippen LogP contribution in [0.3, 0.4) is 0 Å². The van der Waals surface area contributed by atoms with Gasteiger partial charge in [-0.25, -0.2) is 8.42 Å². The van der Waals surface area contributed by atoms with E-state index in [1.54, 1.807) is 12.1 Å². The second kappa shape index (κ2) is 10.1. The van der Waals surface area contributed by atoms with Gasteiger partial charge in [-0.1, -0.05) is 20.8 Å². The van der Waals surface area contributed by atoms with Crippen LogP contribution < -0.4 is 15.5 Å². The third-order valence-corrected chi connectivity index (χ3v) is 6.89. The maximum Gasteiger partial charge on any atom is 0.253 e. The van der Waals surface area contributed by atoms with Crippen molar-refractivity contribution in [2.24, 2.45) is 0 Å². The molecule has 7 nitrogen and oxygen atoms in total. The zero-order valence-electron chi connectivity index (χ0n) is 16.6. The molecular weight excluding hydrogens is 364 g/mol. The highest BCUT2D eigenvalue weighted by Crippen LogP contribution is 2.28. The molecule has 1 aliphatic heterocycles. The van der Waals surface area contributed by atoms with Gasteiger partial charge in [-0.05, 0) is 37.6 Å². The van der Waals surface area contributed by atoms with E-state index in [0.29, 0.717) is 31.7 Å². The maximum absolute atomic E-state index is 12.9. The number of anilines is 1. The summed E-state index contributed by atoms with van der Waals surface area (Å²) in [6.45, 7) is 10.2. The summed E-state index contributed by atoms with van der Waals surface area (Å²) in [5, 5.41) is 6.06. The Labute approximate surface area is 163 Å². The highest BCUT2D eigenvalue weighted by atomic mass is 32.2. The molecule has 0 atom stereocenters. The number of hydrogen-bond acceptors (Lipinski definition) is 5. The lowest BCUT2D eigenvalue weighted by molar-refractivity contribution is 0.0954. The van der Waals surface area contributed by atoms with E-state index in [1.807, 2.05) is 20.8 Å². The minimum atomic E-state index is -3.60. The van der Waals surface area contributed by atoms with E-state index in [0.717, 1.165) is 38.2 Å². The van der Waals surface area contributed by atoms with E-state index in [2.05, 4.69) is 15.5 Å². The average Bonchev–Trinajstić information content (AvgIpc) is 3.20. The van der Waals surface area contributed by atoms with Gasteiger partial charge in [0.2, 0.25) is 10.0 Å². The van der Waals surface area contributed by atoms with Gasteiger partial charge in [0.05, 0.1) is 10.5 Å². The molecule has 1 saturated heterocycles. The Balaban J connectivity index is 2.35. The average molecular weight is 397 g/mol. The SMILES string of the molecule is CCNCCNC(=O)c1cc(S(=O)(=O)N(CC)CC)ccc1N1CCCC1. The highest BCUT2D eigenvalue weighted by Gasteiger charge is 2.26. The maximum atomic E-state index is 12.9. The minimum Gasteiger partial charge on any atom is -0.371 e. The number of carbonyl (C=O) groups excluding carboxylic acids is 1. The van der Waals surface area contributed by atoms with Gasteiger partial charge in [-0.3, -0.25) is 4.79 Å². The van der Waals surface area contributed by atoms with Crippen LogP contribution in [0.5, 0.6) is 0 Å². The predicted molar refractivity (Wildman–Crippen MR) is 109 cm³/mol. The predicted octanol–water partition coefficient (Wildman–Crippen LogP) is 1.66. The number of hydrogen-bond donors (Lipinski definition) is 2. The van der Waals surface area contributed by atoms with Crippen LogP contribution in [0, 0.1) is 0 Å². The molecule has 152 valence electrons. The van der Waals surface area contributed by atoms with Crippen molar-refractivity contribution in [3.8, 4) is 0 Å². The van der Waals surface area contributed by atoms with Crippen molar-refractivity contribution in [3.05, 3.63) is 23.8 Å². The number of sulfonamides is 1. The molecule has 1 heterocycles. The molecule has 0 aliphatic carbocycles. The summed E-state index contributed by atoms with van der Waals surface area (Å²) in [5.41, 5.74) is 1.24. The molecule has 0 radical (unpaired) electrons. The quantitative estimate of drug-likeness (QED) is 0.588. The lowest BCUT2D eigenvalue weighted by Crippen LogP contribution is -2.34. The molecule has 0 bridgehead atoms. The molecule has 1 aliphatic rings. The van der Waals surface area contributed by atoms with Crippen molar-refractivity contribution in [2.75, 3.05) is 50.7 Å². The normalized spacial score (nSPS) is 14.7. The van der Waals surface area contributed by atoms with E-state index in [1.165, 1.54) is 10.4 Å². The summed E-state index contributed by atoms with van der Waals surface area (Å²) in [7, 11) is -3.60. The molecule has 1 fully saturated rings. The van der Waals surface area contributed by atoms with Gasteiger partial charge in [-0.15, -0.1) is 0 Å². The summed E-state index contributed by atoms with van der Waals surface area (Å²) < 4.78 is 27.2. The molecule has 0 unspecified atom stereocenters. The summed E-state index contributed by atoms with van der Waals surface area (Å²) in [6.07, 6.45) is 2.17. The minimum absolute atomic E-state index is 0.172. The zero-order valence-corrected chi connectivity index (χ0v) is 17.4. The lowest BCUT2D eigenvalue weighted by Gasteiger charge is -2.23. The van der Waals surface area contributed by atoms with E-state index >= 15 is 0 Å². The molecule has 27 heavy (non-hydrogen) atoms. The van der Waals surface area contributed by atoms with Crippen LogP contribution in [-0.2, 0) is 10.0 Å². The molecule has 1 aromatic carbocycles. The summed E-state index contributed by atoms with van der Waals surface area (Å²) in [6, 6.07) is 4.93. The Bertz CT molecular complexity index is 726. The van der Waals surface area contributed by atoms with Crippen LogP contribution in [-0.4, -0.2) is 64.4 Å². The topological polar surface area (TPSA) is 81.7 Å². The number of rotatable bonds is 10. The van der Waals surface area contributed by atoms with Crippen molar-refractivity contribution < 1.29 is 13.2 Å². The van der Waals surface area contributed by atoms with Crippen molar-refractivity contribution in [2.45, 2.75) is 38.5 Å². The molecule has 0 saturated carbocycles. The molecule has 2 N–H and O–H groups in total. The molecule has 1 amide bonds. The number of carbonyl (C=O) groups is 1. The summed E-state index contributed by atoms with van der Waals surface area (Å²) in [5.74, 6) is -0.230. The van der Waals surface area contributed by atoms with Crippen LogP contribution in [0.4, 0.5) is 5.69 Å². The number of amides is 1. The van der Waals surface area contributed by atoms with E-state index < -0.39 is 10.0 Å². The van der Waals surface area contributed by atoms with Gasteiger partial charge < -0.3 is 15.5 Å². The fourth-order valence-corrected chi connectivity index (χ4v) is 4.83. The molecule has 2 rings (SSSR count). The molecule has 1 aromatic rings. The summed E-state index contributed by atoms with van der Waals surface area (Å²) in [4.78, 5) is 15.1. The van der Waals surface area contributed by atoms with Crippen LogP contribution in [0.25, 0.3) is 0 Å². The first kappa shape index (κ1) is 21.7. The first-order valence-corrected chi connectivity index (χ1v) is 11.3. The lowest BCUT2D eigenvalue weighted by atomic mass is 10.1. The van der Waals surface area contributed by atoms with Crippen LogP contribution in [0.2, 0.25) is 0 Å². The van der Waals surface area contributed by atoms with E-state index in [4.69, 9.17) is 0 Å². The van der Waals surface area contributed by atoms with Crippen LogP contribution >= 0.6 is 0 Å². The van der Waals surface area contributed by atoms with Gasteiger partial charge in [0, 0.05) is 45.0 Å². The van der Waals surface area contributed by atoms with E-state index in [-0.39, 0.29) is 10.8 Å². The van der Waals surface area contributed by atoms with Gasteiger partial charge in [0.25, 0.3) is 5.91 Å². The van der Waals surface area contributed by atoms with Crippen molar-refractivity contribution >= 4 is 21.6 Å². The number of benzene rings is 1. The monoisotopic (exact) mass is 396 g/mol. The number of likely N-dealkylation sites (N-methyl/N-ethyl adjacent to an activating group) is 1. The molecular formula is C19H32N4O3S. The molecule has 0 aromatic heterocycles. The first-order valence-electron chi connectivity index (χ1n) is 9.83. The summed E-state index contributed by atoms with van der Waals surface area (Å²) >= 11 is 0. The van der Waals surface area contributed by atoms with Gasteiger partial charge >= 0.3 is 0 Å². The Kier molecular flexibility index (Phi) is 8.07. The first-order chi connectivity index (χ1) is 13.0. The van der Waals surface area contributed by atoms with Gasteiger partial charge in [0.1, 0.15) is 0 Å². The second-order valence-corrected chi connectivity index (χ2v) is 8.51. The van der Waals surface area contributed by atoms with Crippen molar-refractivity contribution in [1.82, 2.24) is 14.9 Å². The largest absolute Gasteiger partial charge is 0.371 e. The Morgan fingerprint density at radius 2 is 1.78 bits per heavy atom. The van der Waals surface area contributed by atoms with Gasteiger partial charge in [0.15, 0.2) is 0 Å². The molecule has 0 spiro atoms. The fourth-order valence-electron chi connectivity index (χ4n) is 3.34. The van der Waals surface area contributed by atoms with Crippen molar-refractivity contribution in [1.29, 1.82) is 0 Å². The van der Waals surface area contributed by atoms with Crippen molar-refractivity contribution in [3.63, 3.8) is 0 Å². The number of nitrogens with zero attached hydrogens (tertiary/aromatic N) is 2. The molecule has 8 heteroatoms. The van der Waals surface area contributed by atoms with Crippen LogP contribution in [0.15, 0.2) is 23.1 Å². The standard InChI is InChI=1S/C19H32N4O3S/c1-4-20-11-12-21-19(24)17-15-16(27(25,26)23(5-2)6-3)9-10-18(17)22-13-7-8-14-22/h9-10,15,20H,4-8,11-14H2,1-3H3,(H,21,24). The smallest absolute Gasteiger partial charge is 0.253 e. The third kappa shape index (κ3) is 5.21. The number of nitrogens with one attached hydrogen (secondary N) is 2. The third-order valence-electron chi connectivity index (χ3n) is 4.84. The highest BCUT2D eigenvalue weighted by molar-refractivity contribution is 7.89. The fraction of sp³-hybridized carbons (Fsp3) is 0.632.